The summed E-state index contributed by atoms with van der Waals surface area (Å²) < 4.78 is 0.903. The molecule has 0 fully saturated rings. The number of hydrazine groups is 1. The van der Waals surface area contributed by atoms with Gasteiger partial charge >= 0.3 is 0 Å². The normalized spacial score (nSPS) is 10.0. The largest absolute Gasteiger partial charge is 0.359 e. The number of benzene rings is 1. The lowest BCUT2D eigenvalue weighted by Gasteiger charge is -2.13. The molecule has 8 heteroatoms. The summed E-state index contributed by atoms with van der Waals surface area (Å²) in [6.45, 7) is 4.12. The van der Waals surface area contributed by atoms with E-state index in [4.69, 9.17) is 12.2 Å². The molecular formula is C14H19BrN4O2S. The zero-order valence-electron chi connectivity index (χ0n) is 12.4. The molecule has 0 heterocycles. The minimum atomic E-state index is -0.260. The van der Waals surface area contributed by atoms with Gasteiger partial charge in [0.25, 0.3) is 5.91 Å². The summed E-state index contributed by atoms with van der Waals surface area (Å²) in [5.74, 6) is -0.478. The van der Waals surface area contributed by atoms with Gasteiger partial charge in [0.1, 0.15) is 0 Å². The van der Waals surface area contributed by atoms with Crippen LogP contribution in [0.1, 0.15) is 30.6 Å². The van der Waals surface area contributed by atoms with Gasteiger partial charge in [-0.3, -0.25) is 20.4 Å². The fraction of sp³-hybridized carbons (Fsp3) is 0.357. The number of carbonyl (C=O) groups excluding carboxylic acids is 2. The summed E-state index contributed by atoms with van der Waals surface area (Å²) in [5, 5.41) is 5.96. The molecule has 6 nitrogen and oxygen atoms in total. The van der Waals surface area contributed by atoms with Crippen molar-refractivity contribution >= 4 is 45.1 Å². The van der Waals surface area contributed by atoms with Gasteiger partial charge in [0.2, 0.25) is 5.91 Å². The Kier molecular flexibility index (Phi) is 7.83. The second kappa shape index (κ2) is 9.37. The summed E-state index contributed by atoms with van der Waals surface area (Å²) >= 11 is 8.27. The standard InChI is InChI=1S/C14H19BrN4O2S/c1-9(2)17-14(22)19-18-12(20)7-8-16-13(21)10-3-5-11(15)6-4-10/h3-6,9H,7-8H2,1-2H3,(H,16,21)(H,18,20)(H2,17,19,22). The molecule has 0 aromatic heterocycles. The number of rotatable bonds is 5. The number of nitrogens with one attached hydrogen (secondary N) is 4. The molecule has 0 saturated carbocycles. The van der Waals surface area contributed by atoms with Crippen molar-refractivity contribution in [3.05, 3.63) is 34.3 Å². The smallest absolute Gasteiger partial charge is 0.251 e. The molecule has 0 saturated heterocycles. The van der Waals surface area contributed by atoms with Crippen LogP contribution >= 0.6 is 28.1 Å². The van der Waals surface area contributed by atoms with Crippen molar-refractivity contribution in [2.45, 2.75) is 26.3 Å². The van der Waals surface area contributed by atoms with E-state index in [1.807, 2.05) is 13.8 Å². The summed E-state index contributed by atoms with van der Waals surface area (Å²) in [6, 6.07) is 7.17. The molecule has 0 aliphatic heterocycles. The van der Waals surface area contributed by atoms with Crippen molar-refractivity contribution < 1.29 is 9.59 Å². The second-order valence-electron chi connectivity index (χ2n) is 4.81. The van der Waals surface area contributed by atoms with Crippen LogP contribution in [0, 0.1) is 0 Å². The first-order chi connectivity index (χ1) is 10.4. The van der Waals surface area contributed by atoms with Crippen LogP contribution in [0.4, 0.5) is 0 Å². The summed E-state index contributed by atoms with van der Waals surface area (Å²) in [7, 11) is 0. The van der Waals surface area contributed by atoms with Crippen LogP contribution in [0.15, 0.2) is 28.7 Å². The highest BCUT2D eigenvalue weighted by Crippen LogP contribution is 2.10. The second-order valence-corrected chi connectivity index (χ2v) is 6.14. The zero-order chi connectivity index (χ0) is 16.5. The van der Waals surface area contributed by atoms with Crippen molar-refractivity contribution in [2.24, 2.45) is 0 Å². The van der Waals surface area contributed by atoms with E-state index in [0.29, 0.717) is 10.7 Å². The third kappa shape index (κ3) is 7.37. The zero-order valence-corrected chi connectivity index (χ0v) is 14.8. The van der Waals surface area contributed by atoms with Crippen molar-refractivity contribution in [3.63, 3.8) is 0 Å². The molecule has 0 aliphatic carbocycles. The molecule has 0 spiro atoms. The van der Waals surface area contributed by atoms with Gasteiger partial charge in [-0.1, -0.05) is 15.9 Å². The molecule has 1 aromatic rings. The lowest BCUT2D eigenvalue weighted by molar-refractivity contribution is -0.121. The van der Waals surface area contributed by atoms with Gasteiger partial charge in [-0.15, -0.1) is 0 Å². The molecule has 1 aromatic carbocycles. The van der Waals surface area contributed by atoms with E-state index in [-0.39, 0.29) is 30.8 Å². The SMILES string of the molecule is CC(C)NC(=S)NNC(=O)CCNC(=O)c1ccc(Br)cc1. The first-order valence-electron chi connectivity index (χ1n) is 6.77. The van der Waals surface area contributed by atoms with E-state index in [2.05, 4.69) is 37.4 Å². The number of hydrogen-bond donors (Lipinski definition) is 4. The van der Waals surface area contributed by atoms with Gasteiger partial charge in [0.05, 0.1) is 0 Å². The Bertz CT molecular complexity index is 534. The highest BCUT2D eigenvalue weighted by molar-refractivity contribution is 9.10. The van der Waals surface area contributed by atoms with Crippen LogP contribution in [0.3, 0.4) is 0 Å². The number of halogens is 1. The summed E-state index contributed by atoms with van der Waals surface area (Å²) in [4.78, 5) is 23.4. The van der Waals surface area contributed by atoms with Crippen molar-refractivity contribution in [2.75, 3.05) is 6.54 Å². The van der Waals surface area contributed by atoms with Crippen LogP contribution in [-0.4, -0.2) is 29.5 Å². The number of carbonyl (C=O) groups is 2. The topological polar surface area (TPSA) is 82.3 Å². The molecule has 1 rings (SSSR count). The minimum Gasteiger partial charge on any atom is -0.359 e. The summed E-state index contributed by atoms with van der Waals surface area (Å²) in [6.07, 6.45) is 0.152. The third-order valence-electron chi connectivity index (χ3n) is 2.48. The van der Waals surface area contributed by atoms with Gasteiger partial charge in [-0.2, -0.15) is 0 Å². The van der Waals surface area contributed by atoms with Crippen molar-refractivity contribution in [3.8, 4) is 0 Å². The van der Waals surface area contributed by atoms with E-state index < -0.39 is 0 Å². The Morgan fingerprint density at radius 2 is 1.82 bits per heavy atom. The molecule has 120 valence electrons. The van der Waals surface area contributed by atoms with E-state index in [1.54, 1.807) is 24.3 Å². The molecule has 2 amide bonds. The Hall–Kier alpha value is -1.67. The van der Waals surface area contributed by atoms with Gasteiger partial charge in [-0.25, -0.2) is 0 Å². The minimum absolute atomic E-state index is 0.152. The van der Waals surface area contributed by atoms with Gasteiger partial charge in [0, 0.05) is 29.0 Å². The van der Waals surface area contributed by atoms with Crippen molar-refractivity contribution in [1.82, 2.24) is 21.5 Å². The van der Waals surface area contributed by atoms with E-state index in [9.17, 15) is 9.59 Å². The van der Waals surface area contributed by atoms with Crippen LogP contribution in [0.25, 0.3) is 0 Å². The predicted molar refractivity (Wildman–Crippen MR) is 93.2 cm³/mol. The average molecular weight is 387 g/mol. The lowest BCUT2D eigenvalue weighted by Crippen LogP contribution is -2.49. The molecule has 22 heavy (non-hydrogen) atoms. The average Bonchev–Trinajstić information content (AvgIpc) is 2.45. The highest BCUT2D eigenvalue weighted by atomic mass is 79.9. The third-order valence-corrected chi connectivity index (χ3v) is 3.23. The molecule has 4 N–H and O–H groups in total. The maximum atomic E-state index is 11.8. The first-order valence-corrected chi connectivity index (χ1v) is 7.97. The predicted octanol–water partition coefficient (Wildman–Crippen LogP) is 1.47. The Labute approximate surface area is 143 Å². The Balaban J connectivity index is 2.23. The lowest BCUT2D eigenvalue weighted by atomic mass is 10.2. The number of thiocarbonyl (C=S) groups is 1. The molecular weight excluding hydrogens is 368 g/mol. The highest BCUT2D eigenvalue weighted by Gasteiger charge is 2.07. The maximum Gasteiger partial charge on any atom is 0.251 e. The van der Waals surface area contributed by atoms with Crippen LogP contribution in [0.5, 0.6) is 0 Å². The van der Waals surface area contributed by atoms with Gasteiger partial charge < -0.3 is 10.6 Å². The molecule has 0 aliphatic rings. The summed E-state index contributed by atoms with van der Waals surface area (Å²) in [5.41, 5.74) is 5.60. The Morgan fingerprint density at radius 1 is 1.18 bits per heavy atom. The molecule has 0 radical (unpaired) electrons. The number of amides is 2. The van der Waals surface area contributed by atoms with Crippen LogP contribution < -0.4 is 21.5 Å². The van der Waals surface area contributed by atoms with Gasteiger partial charge in [-0.05, 0) is 50.3 Å². The van der Waals surface area contributed by atoms with E-state index in [1.165, 1.54) is 0 Å². The first kappa shape index (κ1) is 18.4. The molecule has 0 unspecified atom stereocenters. The van der Waals surface area contributed by atoms with Crippen LogP contribution in [0.2, 0.25) is 0 Å². The number of hydrogen-bond acceptors (Lipinski definition) is 3. The molecule has 0 atom stereocenters. The van der Waals surface area contributed by atoms with Crippen molar-refractivity contribution in [1.29, 1.82) is 0 Å². The maximum absolute atomic E-state index is 11.8. The van der Waals surface area contributed by atoms with E-state index in [0.717, 1.165) is 4.47 Å². The van der Waals surface area contributed by atoms with Crippen LogP contribution in [-0.2, 0) is 4.79 Å². The van der Waals surface area contributed by atoms with E-state index >= 15 is 0 Å². The fourth-order valence-corrected chi connectivity index (χ4v) is 2.03. The monoisotopic (exact) mass is 386 g/mol. The fourth-order valence-electron chi connectivity index (χ4n) is 1.48. The van der Waals surface area contributed by atoms with Gasteiger partial charge in [0.15, 0.2) is 5.11 Å². The quantitative estimate of drug-likeness (QED) is 0.455. The molecule has 0 bridgehead atoms. The Morgan fingerprint density at radius 3 is 2.41 bits per heavy atom.